The Morgan fingerprint density at radius 1 is 1.07 bits per heavy atom. The lowest BCUT2D eigenvalue weighted by Gasteiger charge is -2.17. The molecule has 0 spiro atoms. The third kappa shape index (κ3) is 6.29. The smallest absolute Gasteiger partial charge is 0.331 e. The number of nitrogen functional groups attached to an aromatic ring is 1. The number of ether oxygens (including phenoxy) is 1. The third-order valence-corrected chi connectivity index (χ3v) is 3.87. The van der Waals surface area contributed by atoms with E-state index in [9.17, 15) is 9.59 Å². The molecule has 5 nitrogen and oxygen atoms in total. The maximum absolute atomic E-state index is 12.5. The number of para-hydroxylation sites is 2. The molecule has 1 atom stereocenters. The second-order valence-electron chi connectivity index (χ2n) is 7.33. The van der Waals surface area contributed by atoms with Crippen LogP contribution in [0.25, 0.3) is 6.08 Å². The summed E-state index contributed by atoms with van der Waals surface area (Å²) in [7, 11) is 0. The Labute approximate surface area is 160 Å². The Balaban J connectivity index is 2.00. The molecule has 1 amide bonds. The van der Waals surface area contributed by atoms with Gasteiger partial charge in [-0.05, 0) is 57.0 Å². The number of hydrogen-bond acceptors (Lipinski definition) is 4. The SMILES string of the molecule is CC(C(=O)Nc1ccccc1N)c1ccc(/C=C/C(=O)OC(C)(C)C)cc1. The molecule has 0 aromatic heterocycles. The molecule has 0 saturated carbocycles. The molecule has 0 fully saturated rings. The van der Waals surface area contributed by atoms with E-state index >= 15 is 0 Å². The van der Waals surface area contributed by atoms with Crippen LogP contribution in [0.4, 0.5) is 11.4 Å². The van der Waals surface area contributed by atoms with Crippen LogP contribution in [-0.2, 0) is 14.3 Å². The highest BCUT2D eigenvalue weighted by molar-refractivity contribution is 5.97. The zero-order valence-corrected chi connectivity index (χ0v) is 16.2. The predicted molar refractivity (Wildman–Crippen MR) is 109 cm³/mol. The second-order valence-corrected chi connectivity index (χ2v) is 7.33. The second kappa shape index (κ2) is 8.54. The molecule has 2 aromatic rings. The first-order valence-electron chi connectivity index (χ1n) is 8.82. The average Bonchev–Trinajstić information content (AvgIpc) is 2.60. The minimum Gasteiger partial charge on any atom is -0.457 e. The molecule has 0 aliphatic carbocycles. The lowest BCUT2D eigenvalue weighted by molar-refractivity contribution is -0.148. The number of nitrogens with two attached hydrogens (primary N) is 1. The van der Waals surface area contributed by atoms with Crippen molar-refractivity contribution in [2.45, 2.75) is 39.2 Å². The van der Waals surface area contributed by atoms with Gasteiger partial charge in [-0.15, -0.1) is 0 Å². The van der Waals surface area contributed by atoms with Crippen molar-refractivity contribution in [2.24, 2.45) is 0 Å². The van der Waals surface area contributed by atoms with Crippen molar-refractivity contribution >= 4 is 29.3 Å². The normalized spacial score (nSPS) is 12.6. The lowest BCUT2D eigenvalue weighted by atomic mass is 9.98. The van der Waals surface area contributed by atoms with Crippen molar-refractivity contribution in [3.8, 4) is 0 Å². The number of nitrogens with one attached hydrogen (secondary N) is 1. The lowest BCUT2D eigenvalue weighted by Crippen LogP contribution is -2.22. The fourth-order valence-corrected chi connectivity index (χ4v) is 2.40. The van der Waals surface area contributed by atoms with Crippen LogP contribution >= 0.6 is 0 Å². The van der Waals surface area contributed by atoms with Crippen molar-refractivity contribution < 1.29 is 14.3 Å². The van der Waals surface area contributed by atoms with Crippen molar-refractivity contribution in [3.05, 3.63) is 65.7 Å². The maximum Gasteiger partial charge on any atom is 0.331 e. The molecule has 2 aromatic carbocycles. The molecule has 0 saturated heterocycles. The van der Waals surface area contributed by atoms with E-state index in [1.807, 2.05) is 64.1 Å². The molecule has 1 unspecified atom stereocenters. The first kappa shape index (κ1) is 20.2. The van der Waals surface area contributed by atoms with Crippen molar-refractivity contribution in [3.63, 3.8) is 0 Å². The van der Waals surface area contributed by atoms with E-state index in [2.05, 4.69) is 5.32 Å². The summed E-state index contributed by atoms with van der Waals surface area (Å²) in [5, 5.41) is 2.85. The van der Waals surface area contributed by atoms with Crippen molar-refractivity contribution in [1.82, 2.24) is 0 Å². The fourth-order valence-electron chi connectivity index (χ4n) is 2.40. The largest absolute Gasteiger partial charge is 0.457 e. The number of benzene rings is 2. The minimum atomic E-state index is -0.518. The van der Waals surface area contributed by atoms with Gasteiger partial charge in [0.1, 0.15) is 5.60 Å². The van der Waals surface area contributed by atoms with Gasteiger partial charge in [-0.1, -0.05) is 36.4 Å². The quantitative estimate of drug-likeness (QED) is 0.468. The zero-order chi connectivity index (χ0) is 20.0. The van der Waals surface area contributed by atoms with Crippen LogP contribution in [0.3, 0.4) is 0 Å². The summed E-state index contributed by atoms with van der Waals surface area (Å²) >= 11 is 0. The molecule has 0 heterocycles. The number of amides is 1. The van der Waals surface area contributed by atoms with Gasteiger partial charge in [-0.2, -0.15) is 0 Å². The van der Waals surface area contributed by atoms with Crippen LogP contribution < -0.4 is 11.1 Å². The summed E-state index contributed by atoms with van der Waals surface area (Å²) in [6.45, 7) is 7.30. The van der Waals surface area contributed by atoms with Crippen molar-refractivity contribution in [2.75, 3.05) is 11.1 Å². The third-order valence-electron chi connectivity index (χ3n) is 3.87. The van der Waals surface area contributed by atoms with Gasteiger partial charge >= 0.3 is 5.97 Å². The monoisotopic (exact) mass is 366 g/mol. The highest BCUT2D eigenvalue weighted by atomic mass is 16.6. The van der Waals surface area contributed by atoms with E-state index < -0.39 is 5.60 Å². The standard InChI is InChI=1S/C22H26N2O3/c1-15(21(26)24-19-8-6-5-7-18(19)23)17-12-9-16(10-13-17)11-14-20(25)27-22(2,3)4/h5-15H,23H2,1-4H3,(H,24,26)/b14-11+. The van der Waals surface area contributed by atoms with Gasteiger partial charge in [0.15, 0.2) is 0 Å². The summed E-state index contributed by atoms with van der Waals surface area (Å²) < 4.78 is 5.23. The van der Waals surface area contributed by atoms with Gasteiger partial charge < -0.3 is 15.8 Å². The minimum absolute atomic E-state index is 0.134. The Morgan fingerprint density at radius 3 is 2.30 bits per heavy atom. The van der Waals surface area contributed by atoms with Gasteiger partial charge in [0.05, 0.1) is 17.3 Å². The number of esters is 1. The molecule has 0 bridgehead atoms. The van der Waals surface area contributed by atoms with Gasteiger partial charge in [0, 0.05) is 6.08 Å². The molecule has 142 valence electrons. The van der Waals surface area contributed by atoms with Crippen LogP contribution in [0.5, 0.6) is 0 Å². The number of hydrogen-bond donors (Lipinski definition) is 2. The van der Waals surface area contributed by atoms with E-state index in [1.165, 1.54) is 6.08 Å². The first-order chi connectivity index (χ1) is 12.7. The van der Waals surface area contributed by atoms with Gasteiger partial charge in [0.2, 0.25) is 5.91 Å². The van der Waals surface area contributed by atoms with Gasteiger partial charge in [0.25, 0.3) is 0 Å². The van der Waals surface area contributed by atoms with Crippen LogP contribution in [0, 0.1) is 0 Å². The Kier molecular flexibility index (Phi) is 6.40. The van der Waals surface area contributed by atoms with Crippen LogP contribution in [0.15, 0.2) is 54.6 Å². The van der Waals surface area contributed by atoms with E-state index in [4.69, 9.17) is 10.5 Å². The number of carbonyl (C=O) groups excluding carboxylic acids is 2. The molecular weight excluding hydrogens is 340 g/mol. The van der Waals surface area contributed by atoms with E-state index in [1.54, 1.807) is 18.2 Å². The van der Waals surface area contributed by atoms with Crippen LogP contribution in [0.1, 0.15) is 44.7 Å². The Hall–Kier alpha value is -3.08. The van der Waals surface area contributed by atoms with Crippen molar-refractivity contribution in [1.29, 1.82) is 0 Å². The number of anilines is 2. The summed E-state index contributed by atoms with van der Waals surface area (Å²) in [5.41, 5.74) is 8.20. The Morgan fingerprint density at radius 2 is 1.70 bits per heavy atom. The topological polar surface area (TPSA) is 81.4 Å². The summed E-state index contributed by atoms with van der Waals surface area (Å²) in [4.78, 5) is 24.2. The molecule has 0 radical (unpaired) electrons. The molecule has 2 rings (SSSR count). The van der Waals surface area contributed by atoms with Crippen LogP contribution in [-0.4, -0.2) is 17.5 Å². The molecule has 0 aliphatic rings. The Bertz CT molecular complexity index is 833. The molecule has 3 N–H and O–H groups in total. The summed E-state index contributed by atoms with van der Waals surface area (Å²) in [6, 6.07) is 14.6. The number of carbonyl (C=O) groups is 2. The molecule has 27 heavy (non-hydrogen) atoms. The highest BCUT2D eigenvalue weighted by Crippen LogP contribution is 2.22. The highest BCUT2D eigenvalue weighted by Gasteiger charge is 2.16. The predicted octanol–water partition coefficient (Wildman–Crippen LogP) is 4.37. The molecule has 5 heteroatoms. The fraction of sp³-hybridized carbons (Fsp3) is 0.273. The first-order valence-corrected chi connectivity index (χ1v) is 8.82. The summed E-state index contributed by atoms with van der Waals surface area (Å²) in [6.07, 6.45) is 3.09. The summed E-state index contributed by atoms with van der Waals surface area (Å²) in [5.74, 6) is -0.863. The van der Waals surface area contributed by atoms with Gasteiger partial charge in [-0.3, -0.25) is 4.79 Å². The van der Waals surface area contributed by atoms with E-state index in [0.717, 1.165) is 11.1 Å². The van der Waals surface area contributed by atoms with E-state index in [-0.39, 0.29) is 17.8 Å². The van der Waals surface area contributed by atoms with Crippen LogP contribution in [0.2, 0.25) is 0 Å². The number of rotatable bonds is 5. The van der Waals surface area contributed by atoms with E-state index in [0.29, 0.717) is 11.4 Å². The molecule has 0 aliphatic heterocycles. The maximum atomic E-state index is 12.5. The molecular formula is C22H26N2O3. The average molecular weight is 366 g/mol. The van der Waals surface area contributed by atoms with Gasteiger partial charge in [-0.25, -0.2) is 4.79 Å². The zero-order valence-electron chi connectivity index (χ0n) is 16.2.